The summed E-state index contributed by atoms with van der Waals surface area (Å²) in [4.78, 5) is 15.7. The number of imidazole rings is 1. The van der Waals surface area contributed by atoms with E-state index in [1.54, 1.807) is 13.8 Å². The van der Waals surface area contributed by atoms with Gasteiger partial charge in [-0.2, -0.15) is 0 Å². The van der Waals surface area contributed by atoms with Crippen LogP contribution in [0.1, 0.15) is 25.2 Å². The van der Waals surface area contributed by atoms with Gasteiger partial charge in [-0.25, -0.2) is 4.98 Å². The Hall–Kier alpha value is -1.55. The third kappa shape index (κ3) is 2.45. The van der Waals surface area contributed by atoms with Gasteiger partial charge in [0.05, 0.1) is 21.5 Å². The zero-order chi connectivity index (χ0) is 14.4. The third-order valence-electron chi connectivity index (χ3n) is 3.34. The van der Waals surface area contributed by atoms with Gasteiger partial charge in [0.2, 0.25) is 0 Å². The molecule has 4 nitrogen and oxygen atoms in total. The van der Waals surface area contributed by atoms with E-state index in [0.717, 1.165) is 22.4 Å². The van der Waals surface area contributed by atoms with E-state index in [1.165, 1.54) is 0 Å². The molecule has 1 aromatic carbocycles. The highest BCUT2D eigenvalue weighted by atomic mass is 35.5. The van der Waals surface area contributed by atoms with Crippen LogP contribution in [0.25, 0.3) is 11.0 Å². The number of aromatic nitrogens is 2. The van der Waals surface area contributed by atoms with Gasteiger partial charge in [0.1, 0.15) is 5.82 Å². The highest BCUT2D eigenvalue weighted by Gasteiger charge is 2.29. The smallest absolute Gasteiger partial charge is 0.309 e. The van der Waals surface area contributed by atoms with E-state index in [-0.39, 0.29) is 0 Å². The second kappa shape index (κ2) is 4.53. The van der Waals surface area contributed by atoms with Gasteiger partial charge in [-0.15, -0.1) is 0 Å². The summed E-state index contributed by atoms with van der Waals surface area (Å²) in [5.41, 5.74) is 1.85. The summed E-state index contributed by atoms with van der Waals surface area (Å²) in [6.45, 7) is 5.35. The van der Waals surface area contributed by atoms with E-state index in [4.69, 9.17) is 11.6 Å². The Kier molecular flexibility index (Phi) is 3.31. The number of rotatable bonds is 3. The fourth-order valence-corrected chi connectivity index (χ4v) is 2.50. The van der Waals surface area contributed by atoms with Crippen molar-refractivity contribution in [3.05, 3.63) is 28.5 Å². The first-order valence-corrected chi connectivity index (χ1v) is 6.45. The summed E-state index contributed by atoms with van der Waals surface area (Å²) in [6, 6.07) is 3.84. The highest BCUT2D eigenvalue weighted by molar-refractivity contribution is 6.35. The van der Waals surface area contributed by atoms with Crippen LogP contribution >= 0.6 is 11.6 Å². The van der Waals surface area contributed by atoms with Crippen LogP contribution in [-0.2, 0) is 18.3 Å². The maximum Gasteiger partial charge on any atom is 0.309 e. The molecule has 0 fully saturated rings. The van der Waals surface area contributed by atoms with Gasteiger partial charge >= 0.3 is 5.97 Å². The van der Waals surface area contributed by atoms with Crippen LogP contribution in [0.4, 0.5) is 0 Å². The molecule has 0 unspecified atom stereocenters. The minimum Gasteiger partial charge on any atom is -0.481 e. The first-order valence-electron chi connectivity index (χ1n) is 6.07. The van der Waals surface area contributed by atoms with Crippen molar-refractivity contribution in [2.24, 2.45) is 12.5 Å². The maximum absolute atomic E-state index is 11.2. The molecule has 102 valence electrons. The van der Waals surface area contributed by atoms with Crippen LogP contribution in [0, 0.1) is 12.3 Å². The molecule has 0 atom stereocenters. The minimum absolute atomic E-state index is 0.364. The first-order chi connectivity index (χ1) is 8.72. The summed E-state index contributed by atoms with van der Waals surface area (Å²) in [5, 5.41) is 9.85. The average Bonchev–Trinajstić information content (AvgIpc) is 2.54. The Balaban J connectivity index is 2.55. The lowest BCUT2D eigenvalue weighted by Crippen LogP contribution is -2.27. The van der Waals surface area contributed by atoms with E-state index in [9.17, 15) is 9.90 Å². The number of aryl methyl sites for hydroxylation is 2. The molecule has 0 spiro atoms. The summed E-state index contributed by atoms with van der Waals surface area (Å²) in [5.74, 6) is -0.100. The fourth-order valence-electron chi connectivity index (χ4n) is 2.11. The van der Waals surface area contributed by atoms with E-state index in [0.29, 0.717) is 11.4 Å². The number of nitrogens with zero attached hydrogens (tertiary/aromatic N) is 2. The van der Waals surface area contributed by atoms with Crippen molar-refractivity contribution in [1.29, 1.82) is 0 Å². The summed E-state index contributed by atoms with van der Waals surface area (Å²) in [7, 11) is 1.86. The quantitative estimate of drug-likeness (QED) is 0.939. The molecule has 5 heteroatoms. The lowest BCUT2D eigenvalue weighted by molar-refractivity contribution is -0.146. The van der Waals surface area contributed by atoms with Crippen molar-refractivity contribution >= 4 is 28.6 Å². The number of halogens is 1. The number of hydrogen-bond donors (Lipinski definition) is 1. The second-order valence-electron chi connectivity index (χ2n) is 5.57. The lowest BCUT2D eigenvalue weighted by atomic mass is 9.89. The standard InChI is InChI=1S/C14H17ClN2O2/c1-8-5-9(15)12-10(6-8)16-11(17(12)4)7-14(2,3)13(18)19/h5-6H,7H2,1-4H3,(H,18,19). The third-order valence-corrected chi connectivity index (χ3v) is 3.63. The van der Waals surface area contributed by atoms with Crippen LogP contribution in [0.15, 0.2) is 12.1 Å². The Morgan fingerprint density at radius 1 is 1.47 bits per heavy atom. The van der Waals surface area contributed by atoms with E-state index >= 15 is 0 Å². The van der Waals surface area contributed by atoms with Crippen molar-refractivity contribution in [3.63, 3.8) is 0 Å². The van der Waals surface area contributed by atoms with E-state index < -0.39 is 11.4 Å². The lowest BCUT2D eigenvalue weighted by Gasteiger charge is -2.18. The molecular formula is C14H17ClN2O2. The molecule has 0 amide bonds. The molecule has 0 saturated carbocycles. The van der Waals surface area contributed by atoms with Crippen molar-refractivity contribution in [3.8, 4) is 0 Å². The van der Waals surface area contributed by atoms with Gasteiger partial charge in [-0.3, -0.25) is 4.79 Å². The topological polar surface area (TPSA) is 55.1 Å². The van der Waals surface area contributed by atoms with Crippen molar-refractivity contribution < 1.29 is 9.90 Å². The summed E-state index contributed by atoms with van der Waals surface area (Å²) in [6.07, 6.45) is 0.364. The van der Waals surface area contributed by atoms with Gasteiger partial charge in [0.15, 0.2) is 0 Å². The number of benzene rings is 1. The molecule has 0 bridgehead atoms. The Bertz CT molecular complexity index is 659. The van der Waals surface area contributed by atoms with E-state index in [1.807, 2.05) is 30.7 Å². The van der Waals surface area contributed by atoms with Crippen LogP contribution in [-0.4, -0.2) is 20.6 Å². The normalized spacial score (nSPS) is 12.1. The molecular weight excluding hydrogens is 264 g/mol. The van der Waals surface area contributed by atoms with Crippen LogP contribution < -0.4 is 0 Å². The number of carboxylic acids is 1. The molecule has 0 aliphatic rings. The highest BCUT2D eigenvalue weighted by Crippen LogP contribution is 2.28. The Labute approximate surface area is 117 Å². The Morgan fingerprint density at radius 2 is 2.11 bits per heavy atom. The molecule has 1 heterocycles. The van der Waals surface area contributed by atoms with Crippen molar-refractivity contribution in [1.82, 2.24) is 9.55 Å². The van der Waals surface area contributed by atoms with Gasteiger partial charge in [-0.1, -0.05) is 11.6 Å². The van der Waals surface area contributed by atoms with Gasteiger partial charge < -0.3 is 9.67 Å². The van der Waals surface area contributed by atoms with E-state index in [2.05, 4.69) is 4.98 Å². The van der Waals surface area contributed by atoms with Crippen LogP contribution in [0.5, 0.6) is 0 Å². The van der Waals surface area contributed by atoms with Gasteiger partial charge in [0.25, 0.3) is 0 Å². The number of carboxylic acid groups (broad SMARTS) is 1. The number of fused-ring (bicyclic) bond motifs is 1. The monoisotopic (exact) mass is 280 g/mol. The SMILES string of the molecule is Cc1cc(Cl)c2c(c1)nc(CC(C)(C)C(=O)O)n2C. The maximum atomic E-state index is 11.2. The molecule has 2 aromatic rings. The Morgan fingerprint density at radius 3 is 2.68 bits per heavy atom. The largest absolute Gasteiger partial charge is 0.481 e. The molecule has 0 aliphatic carbocycles. The predicted molar refractivity (Wildman–Crippen MR) is 75.6 cm³/mol. The number of aliphatic carboxylic acids is 1. The van der Waals surface area contributed by atoms with Gasteiger partial charge in [-0.05, 0) is 38.5 Å². The fraction of sp³-hybridized carbons (Fsp3) is 0.429. The summed E-state index contributed by atoms with van der Waals surface area (Å²) >= 11 is 6.24. The van der Waals surface area contributed by atoms with Gasteiger partial charge in [0, 0.05) is 13.5 Å². The van der Waals surface area contributed by atoms with Crippen molar-refractivity contribution in [2.75, 3.05) is 0 Å². The zero-order valence-corrected chi connectivity index (χ0v) is 12.2. The second-order valence-corrected chi connectivity index (χ2v) is 5.97. The minimum atomic E-state index is -0.851. The average molecular weight is 281 g/mol. The molecule has 0 radical (unpaired) electrons. The molecule has 19 heavy (non-hydrogen) atoms. The number of carbonyl (C=O) groups is 1. The summed E-state index contributed by atoms with van der Waals surface area (Å²) < 4.78 is 1.88. The van der Waals surface area contributed by atoms with Crippen LogP contribution in [0.3, 0.4) is 0 Å². The zero-order valence-electron chi connectivity index (χ0n) is 11.5. The number of hydrogen-bond acceptors (Lipinski definition) is 2. The molecule has 1 N–H and O–H groups in total. The molecule has 0 aliphatic heterocycles. The first kappa shape index (κ1) is 13.9. The van der Waals surface area contributed by atoms with Crippen molar-refractivity contribution in [2.45, 2.75) is 27.2 Å². The molecule has 2 rings (SSSR count). The predicted octanol–water partition coefficient (Wildman–Crippen LogP) is 3.19. The molecule has 1 aromatic heterocycles. The molecule has 0 saturated heterocycles. The van der Waals surface area contributed by atoms with Crippen LogP contribution in [0.2, 0.25) is 5.02 Å².